The molecule has 0 aliphatic carbocycles. The summed E-state index contributed by atoms with van der Waals surface area (Å²) in [4.78, 5) is 11.8. The van der Waals surface area contributed by atoms with Crippen LogP contribution in [0.2, 0.25) is 0 Å². The number of aliphatic hydroxyl groups excluding tert-OH is 1. The van der Waals surface area contributed by atoms with Gasteiger partial charge in [0.1, 0.15) is 6.61 Å². The molecule has 0 saturated carbocycles. The quantitative estimate of drug-likeness (QED) is 0.869. The number of benzene rings is 2. The summed E-state index contributed by atoms with van der Waals surface area (Å²) in [6, 6.07) is 16.3. The normalized spacial score (nSPS) is 11.7. The monoisotopic (exact) mass is 349 g/mol. The van der Waals surface area contributed by atoms with E-state index in [1.165, 1.54) is 0 Å². The summed E-state index contributed by atoms with van der Waals surface area (Å²) < 4.78 is 6.07. The summed E-state index contributed by atoms with van der Waals surface area (Å²) >= 11 is 3.34. The molecule has 2 rings (SSSR count). The van der Waals surface area contributed by atoms with Crippen LogP contribution in [0.3, 0.4) is 0 Å². The Morgan fingerprint density at radius 1 is 1.14 bits per heavy atom. The van der Waals surface area contributed by atoms with E-state index in [1.54, 1.807) is 0 Å². The molecule has 0 saturated heterocycles. The number of carbonyl (C=O) groups excluding carboxylic acids is 1. The van der Waals surface area contributed by atoms with Gasteiger partial charge in [0.25, 0.3) is 0 Å². The lowest BCUT2D eigenvalue weighted by Gasteiger charge is -2.16. The molecule has 0 radical (unpaired) electrons. The maximum atomic E-state index is 11.8. The Morgan fingerprint density at radius 3 is 2.43 bits per heavy atom. The van der Waals surface area contributed by atoms with Crippen molar-refractivity contribution in [2.45, 2.75) is 12.6 Å². The average molecular weight is 350 g/mol. The van der Waals surface area contributed by atoms with Crippen molar-refractivity contribution in [3.63, 3.8) is 0 Å². The number of alkyl carbamates (subject to hydrolysis) is 1. The highest BCUT2D eigenvalue weighted by Crippen LogP contribution is 2.16. The Labute approximate surface area is 131 Å². The number of ether oxygens (including phenoxy) is 1. The number of hydrogen-bond donors (Lipinski definition) is 2. The number of nitrogens with one attached hydrogen (secondary N) is 1. The minimum Gasteiger partial charge on any atom is -0.445 e. The Kier molecular flexibility index (Phi) is 5.78. The second-order valence-electron chi connectivity index (χ2n) is 4.49. The van der Waals surface area contributed by atoms with Crippen LogP contribution < -0.4 is 5.32 Å². The minimum absolute atomic E-state index is 0.192. The lowest BCUT2D eigenvalue weighted by atomic mass is 10.1. The third-order valence-corrected chi connectivity index (χ3v) is 3.49. The molecule has 1 amide bonds. The molecule has 0 aliphatic heterocycles. The van der Waals surface area contributed by atoms with Gasteiger partial charge < -0.3 is 15.2 Å². The van der Waals surface area contributed by atoms with E-state index in [0.717, 1.165) is 15.6 Å². The van der Waals surface area contributed by atoms with Crippen molar-refractivity contribution >= 4 is 22.0 Å². The first-order chi connectivity index (χ1) is 10.2. The molecule has 4 nitrogen and oxygen atoms in total. The lowest BCUT2D eigenvalue weighted by Crippen LogP contribution is -2.31. The van der Waals surface area contributed by atoms with Crippen LogP contribution in [-0.4, -0.2) is 17.8 Å². The van der Waals surface area contributed by atoms with E-state index in [0.29, 0.717) is 0 Å². The van der Waals surface area contributed by atoms with Gasteiger partial charge >= 0.3 is 6.09 Å². The summed E-state index contributed by atoms with van der Waals surface area (Å²) in [7, 11) is 0. The predicted octanol–water partition coefficient (Wildman–Crippen LogP) is 3.41. The molecule has 21 heavy (non-hydrogen) atoms. The van der Waals surface area contributed by atoms with Crippen molar-refractivity contribution in [3.8, 4) is 0 Å². The van der Waals surface area contributed by atoms with E-state index in [4.69, 9.17) is 4.74 Å². The van der Waals surface area contributed by atoms with Crippen molar-refractivity contribution in [1.82, 2.24) is 5.32 Å². The molecule has 0 spiro atoms. The van der Waals surface area contributed by atoms with Crippen LogP contribution in [0.4, 0.5) is 4.79 Å². The van der Waals surface area contributed by atoms with Crippen molar-refractivity contribution in [3.05, 3.63) is 70.2 Å². The predicted molar refractivity (Wildman–Crippen MR) is 83.7 cm³/mol. The maximum absolute atomic E-state index is 11.8. The van der Waals surface area contributed by atoms with Gasteiger partial charge in [0.05, 0.1) is 12.6 Å². The van der Waals surface area contributed by atoms with Crippen molar-refractivity contribution < 1.29 is 14.6 Å². The number of aliphatic hydroxyl groups is 1. The molecule has 2 N–H and O–H groups in total. The zero-order valence-electron chi connectivity index (χ0n) is 11.3. The summed E-state index contributed by atoms with van der Waals surface area (Å²) in [5.41, 5.74) is 1.73. The number of hydrogen-bond acceptors (Lipinski definition) is 3. The van der Waals surface area contributed by atoms with Crippen LogP contribution in [-0.2, 0) is 11.3 Å². The van der Waals surface area contributed by atoms with Crippen molar-refractivity contribution in [2.75, 3.05) is 6.61 Å². The van der Waals surface area contributed by atoms with Crippen LogP contribution in [0.15, 0.2) is 59.1 Å². The van der Waals surface area contributed by atoms with Crippen molar-refractivity contribution in [2.24, 2.45) is 0 Å². The lowest BCUT2D eigenvalue weighted by molar-refractivity contribution is 0.129. The fourth-order valence-corrected chi connectivity index (χ4v) is 2.10. The standard InChI is InChI=1S/C16H16BrNO3/c17-14-8-6-13(7-9-14)15(10-19)18-16(20)21-11-12-4-2-1-3-5-12/h1-9,15,19H,10-11H2,(H,18,20). The van der Waals surface area contributed by atoms with Gasteiger partial charge in [0.2, 0.25) is 0 Å². The second-order valence-corrected chi connectivity index (χ2v) is 5.41. The Balaban J connectivity index is 1.89. The topological polar surface area (TPSA) is 58.6 Å². The third kappa shape index (κ3) is 4.88. The Morgan fingerprint density at radius 2 is 1.81 bits per heavy atom. The molecule has 0 fully saturated rings. The van der Waals surface area contributed by atoms with E-state index in [9.17, 15) is 9.90 Å². The third-order valence-electron chi connectivity index (χ3n) is 2.96. The second kappa shape index (κ2) is 7.81. The highest BCUT2D eigenvalue weighted by molar-refractivity contribution is 9.10. The zero-order valence-corrected chi connectivity index (χ0v) is 12.9. The van der Waals surface area contributed by atoms with Crippen LogP contribution in [0.5, 0.6) is 0 Å². The molecule has 2 aromatic carbocycles. The van der Waals surface area contributed by atoms with Gasteiger partial charge in [0, 0.05) is 4.47 Å². The highest BCUT2D eigenvalue weighted by atomic mass is 79.9. The van der Waals surface area contributed by atoms with E-state index in [2.05, 4.69) is 21.2 Å². The summed E-state index contributed by atoms with van der Waals surface area (Å²) in [5.74, 6) is 0. The SMILES string of the molecule is O=C(NC(CO)c1ccc(Br)cc1)OCc1ccccc1. The van der Waals surface area contributed by atoms with Gasteiger partial charge in [-0.3, -0.25) is 0 Å². The van der Waals surface area contributed by atoms with E-state index < -0.39 is 12.1 Å². The van der Waals surface area contributed by atoms with Gasteiger partial charge in [-0.2, -0.15) is 0 Å². The Bertz CT molecular complexity index is 572. The molecule has 5 heteroatoms. The average Bonchev–Trinajstić information content (AvgIpc) is 2.52. The van der Waals surface area contributed by atoms with Crippen molar-refractivity contribution in [1.29, 1.82) is 0 Å². The van der Waals surface area contributed by atoms with Crippen LogP contribution in [0.1, 0.15) is 17.2 Å². The molecule has 2 aromatic rings. The summed E-state index contributed by atoms with van der Waals surface area (Å²) in [6.07, 6.45) is -0.555. The first-order valence-corrected chi connectivity index (χ1v) is 7.32. The van der Waals surface area contributed by atoms with E-state index in [-0.39, 0.29) is 13.2 Å². The molecule has 0 aliphatic rings. The molecular formula is C16H16BrNO3. The van der Waals surface area contributed by atoms with Crippen LogP contribution >= 0.6 is 15.9 Å². The van der Waals surface area contributed by atoms with E-state index in [1.807, 2.05) is 54.6 Å². The summed E-state index contributed by atoms with van der Waals surface area (Å²) in [5, 5.41) is 12.0. The highest BCUT2D eigenvalue weighted by Gasteiger charge is 2.14. The van der Waals surface area contributed by atoms with Gasteiger partial charge in [-0.15, -0.1) is 0 Å². The molecule has 1 unspecified atom stereocenters. The molecule has 1 atom stereocenters. The summed E-state index contributed by atoms with van der Waals surface area (Å²) in [6.45, 7) is 0.00717. The molecule has 0 bridgehead atoms. The van der Waals surface area contributed by atoms with Crippen LogP contribution in [0, 0.1) is 0 Å². The molecule has 110 valence electrons. The largest absolute Gasteiger partial charge is 0.445 e. The van der Waals surface area contributed by atoms with Crippen LogP contribution in [0.25, 0.3) is 0 Å². The molecular weight excluding hydrogens is 334 g/mol. The number of carbonyl (C=O) groups is 1. The Hall–Kier alpha value is -1.85. The first kappa shape index (κ1) is 15.5. The number of rotatable bonds is 5. The van der Waals surface area contributed by atoms with E-state index >= 15 is 0 Å². The van der Waals surface area contributed by atoms with Gasteiger partial charge in [-0.25, -0.2) is 4.79 Å². The minimum atomic E-state index is -0.555. The first-order valence-electron chi connectivity index (χ1n) is 6.52. The smallest absolute Gasteiger partial charge is 0.408 e. The van der Waals surface area contributed by atoms with Gasteiger partial charge in [0.15, 0.2) is 0 Å². The zero-order chi connectivity index (χ0) is 15.1. The maximum Gasteiger partial charge on any atom is 0.408 e. The fraction of sp³-hybridized carbons (Fsp3) is 0.188. The van der Waals surface area contributed by atoms with Gasteiger partial charge in [-0.1, -0.05) is 58.4 Å². The molecule has 0 heterocycles. The fourth-order valence-electron chi connectivity index (χ4n) is 1.84. The van der Waals surface area contributed by atoms with Gasteiger partial charge in [-0.05, 0) is 23.3 Å². The number of amides is 1. The molecule has 0 aromatic heterocycles. The number of halogens is 1.